The van der Waals surface area contributed by atoms with Gasteiger partial charge in [-0.2, -0.15) is 0 Å². The van der Waals surface area contributed by atoms with Gasteiger partial charge in [-0.05, 0) is 32.9 Å². The van der Waals surface area contributed by atoms with Gasteiger partial charge in [-0.15, -0.1) is 0 Å². The summed E-state index contributed by atoms with van der Waals surface area (Å²) >= 11 is 0. The molecule has 24 heavy (non-hydrogen) atoms. The first-order valence-corrected chi connectivity index (χ1v) is 7.85. The number of carbonyl (C=O) groups excluding carboxylic acids is 1. The Balaban J connectivity index is 2.11. The highest BCUT2D eigenvalue weighted by atomic mass is 16.6. The van der Waals surface area contributed by atoms with Crippen molar-refractivity contribution in [1.82, 2.24) is 20.9 Å². The van der Waals surface area contributed by atoms with Crippen LogP contribution in [0.25, 0.3) is 0 Å². The number of pyridine rings is 1. The zero-order chi connectivity index (χ0) is 17.8. The third-order valence-electron chi connectivity index (χ3n) is 2.61. The van der Waals surface area contributed by atoms with Crippen LogP contribution in [0.5, 0.6) is 5.75 Å². The minimum Gasteiger partial charge on any atom is -0.490 e. The van der Waals surface area contributed by atoms with Crippen molar-refractivity contribution in [1.29, 1.82) is 0 Å². The molecule has 1 aromatic rings. The van der Waals surface area contributed by atoms with Gasteiger partial charge < -0.3 is 25.4 Å². The standard InChI is InChI=1S/C16H27N5O3/c1-16(2,3)24-15(22)21-9-8-19-14(17-4)20-10-11-23-13-6-5-7-18-12-13/h5-7,12H,8-11H2,1-4H3,(H,21,22)(H2,17,19,20). The van der Waals surface area contributed by atoms with Gasteiger partial charge in [-0.25, -0.2) is 4.79 Å². The number of rotatable bonds is 7. The van der Waals surface area contributed by atoms with Crippen LogP contribution in [0.4, 0.5) is 4.79 Å². The van der Waals surface area contributed by atoms with Crippen LogP contribution in [-0.2, 0) is 4.74 Å². The molecule has 0 aromatic carbocycles. The largest absolute Gasteiger partial charge is 0.490 e. The number of carbonyl (C=O) groups is 1. The molecule has 1 amide bonds. The molecule has 134 valence electrons. The lowest BCUT2D eigenvalue weighted by molar-refractivity contribution is 0.0529. The molecule has 0 aliphatic carbocycles. The quantitative estimate of drug-likeness (QED) is 0.392. The van der Waals surface area contributed by atoms with Crippen molar-refractivity contribution in [3.8, 4) is 5.75 Å². The molecule has 0 saturated heterocycles. The first-order chi connectivity index (χ1) is 11.4. The fourth-order valence-corrected chi connectivity index (χ4v) is 1.65. The van der Waals surface area contributed by atoms with Crippen LogP contribution in [0.2, 0.25) is 0 Å². The molecule has 8 nitrogen and oxygen atoms in total. The maximum Gasteiger partial charge on any atom is 0.407 e. The Kier molecular flexibility index (Phi) is 8.38. The number of aliphatic imine (C=N–C) groups is 1. The monoisotopic (exact) mass is 337 g/mol. The molecule has 0 aliphatic heterocycles. The molecule has 0 radical (unpaired) electrons. The van der Waals surface area contributed by atoms with E-state index in [0.717, 1.165) is 5.75 Å². The molecule has 1 heterocycles. The second kappa shape index (κ2) is 10.3. The SMILES string of the molecule is CN=C(NCCNC(=O)OC(C)(C)C)NCCOc1cccnc1. The Morgan fingerprint density at radius 1 is 1.21 bits per heavy atom. The number of ether oxygens (including phenoxy) is 2. The number of guanidine groups is 1. The highest BCUT2D eigenvalue weighted by Crippen LogP contribution is 2.06. The van der Waals surface area contributed by atoms with Gasteiger partial charge in [0, 0.05) is 26.3 Å². The van der Waals surface area contributed by atoms with Crippen LogP contribution in [0.15, 0.2) is 29.5 Å². The summed E-state index contributed by atoms with van der Waals surface area (Å²) in [5, 5.41) is 8.87. The highest BCUT2D eigenvalue weighted by molar-refractivity contribution is 5.79. The van der Waals surface area contributed by atoms with Crippen molar-refractivity contribution in [3.05, 3.63) is 24.5 Å². The Hall–Kier alpha value is -2.51. The van der Waals surface area contributed by atoms with Gasteiger partial charge in [0.15, 0.2) is 5.96 Å². The predicted octanol–water partition coefficient (Wildman–Crippen LogP) is 1.15. The van der Waals surface area contributed by atoms with E-state index in [-0.39, 0.29) is 0 Å². The summed E-state index contributed by atoms with van der Waals surface area (Å²) in [5.74, 6) is 1.36. The third-order valence-corrected chi connectivity index (χ3v) is 2.61. The van der Waals surface area contributed by atoms with E-state index in [1.54, 1.807) is 19.4 Å². The Labute approximate surface area is 143 Å². The molecule has 0 unspecified atom stereocenters. The molecule has 0 saturated carbocycles. The maximum absolute atomic E-state index is 11.5. The van der Waals surface area contributed by atoms with Gasteiger partial charge >= 0.3 is 6.09 Å². The zero-order valence-electron chi connectivity index (χ0n) is 14.8. The van der Waals surface area contributed by atoms with E-state index >= 15 is 0 Å². The number of hydrogen-bond donors (Lipinski definition) is 3. The van der Waals surface area contributed by atoms with Crippen LogP contribution < -0.4 is 20.7 Å². The van der Waals surface area contributed by atoms with Crippen LogP contribution in [0.1, 0.15) is 20.8 Å². The molecular weight excluding hydrogens is 310 g/mol. The molecular formula is C16H27N5O3. The Morgan fingerprint density at radius 3 is 2.54 bits per heavy atom. The lowest BCUT2D eigenvalue weighted by atomic mass is 10.2. The van der Waals surface area contributed by atoms with Crippen molar-refractivity contribution in [2.45, 2.75) is 26.4 Å². The molecule has 1 aromatic heterocycles. The van der Waals surface area contributed by atoms with Crippen LogP contribution in [0, 0.1) is 0 Å². The first kappa shape index (κ1) is 19.5. The number of aromatic nitrogens is 1. The van der Waals surface area contributed by atoms with E-state index in [1.807, 2.05) is 32.9 Å². The first-order valence-electron chi connectivity index (χ1n) is 7.85. The van der Waals surface area contributed by atoms with Crippen LogP contribution in [0.3, 0.4) is 0 Å². The fraction of sp³-hybridized carbons (Fsp3) is 0.562. The molecule has 3 N–H and O–H groups in total. The van der Waals surface area contributed by atoms with Crippen LogP contribution in [-0.4, -0.2) is 55.9 Å². The Bertz CT molecular complexity index is 514. The van der Waals surface area contributed by atoms with E-state index in [0.29, 0.717) is 32.2 Å². The van der Waals surface area contributed by atoms with Gasteiger partial charge in [0.2, 0.25) is 0 Å². The summed E-state index contributed by atoms with van der Waals surface area (Å²) in [6.45, 7) is 7.51. The molecule has 1 rings (SSSR count). The van der Waals surface area contributed by atoms with E-state index in [1.165, 1.54) is 0 Å². The lowest BCUT2D eigenvalue weighted by Gasteiger charge is -2.19. The van der Waals surface area contributed by atoms with E-state index in [4.69, 9.17) is 9.47 Å². The highest BCUT2D eigenvalue weighted by Gasteiger charge is 2.15. The van der Waals surface area contributed by atoms with Crippen molar-refractivity contribution >= 4 is 12.1 Å². The van der Waals surface area contributed by atoms with Crippen molar-refractivity contribution in [2.75, 3.05) is 33.3 Å². The molecule has 0 fully saturated rings. The van der Waals surface area contributed by atoms with Gasteiger partial charge in [-0.1, -0.05) is 0 Å². The summed E-state index contributed by atoms with van der Waals surface area (Å²) in [6.07, 6.45) is 2.93. The van der Waals surface area contributed by atoms with Crippen molar-refractivity contribution in [3.63, 3.8) is 0 Å². The fourth-order valence-electron chi connectivity index (χ4n) is 1.65. The average molecular weight is 337 g/mol. The van der Waals surface area contributed by atoms with Gasteiger partial charge in [0.05, 0.1) is 12.7 Å². The van der Waals surface area contributed by atoms with E-state index in [2.05, 4.69) is 25.9 Å². The van der Waals surface area contributed by atoms with Crippen LogP contribution >= 0.6 is 0 Å². The Morgan fingerprint density at radius 2 is 1.92 bits per heavy atom. The smallest absolute Gasteiger partial charge is 0.407 e. The topological polar surface area (TPSA) is 96.9 Å². The van der Waals surface area contributed by atoms with Gasteiger partial charge in [-0.3, -0.25) is 9.98 Å². The summed E-state index contributed by atoms with van der Waals surface area (Å²) in [5.41, 5.74) is -0.497. The number of nitrogens with zero attached hydrogens (tertiary/aromatic N) is 2. The third kappa shape index (κ3) is 9.50. The van der Waals surface area contributed by atoms with Crippen molar-refractivity contribution in [2.24, 2.45) is 4.99 Å². The molecule has 0 bridgehead atoms. The maximum atomic E-state index is 11.5. The van der Waals surface area contributed by atoms with E-state index in [9.17, 15) is 4.79 Å². The summed E-state index contributed by atoms with van der Waals surface area (Å²) in [6, 6.07) is 3.67. The molecule has 0 atom stereocenters. The van der Waals surface area contributed by atoms with Gasteiger partial charge in [0.25, 0.3) is 0 Å². The molecule has 0 spiro atoms. The molecule has 0 aliphatic rings. The number of amides is 1. The normalized spacial score (nSPS) is 11.6. The lowest BCUT2D eigenvalue weighted by Crippen LogP contribution is -2.43. The minimum absolute atomic E-state index is 0.432. The minimum atomic E-state index is -0.497. The predicted molar refractivity (Wildman–Crippen MR) is 93.3 cm³/mol. The zero-order valence-corrected chi connectivity index (χ0v) is 14.8. The summed E-state index contributed by atoms with van der Waals surface area (Å²) < 4.78 is 10.7. The second-order valence-corrected chi connectivity index (χ2v) is 5.89. The summed E-state index contributed by atoms with van der Waals surface area (Å²) in [4.78, 5) is 19.6. The number of alkyl carbamates (subject to hydrolysis) is 1. The molecule has 8 heteroatoms. The average Bonchev–Trinajstić information content (AvgIpc) is 2.52. The van der Waals surface area contributed by atoms with Gasteiger partial charge in [0.1, 0.15) is 18.0 Å². The number of hydrogen-bond acceptors (Lipinski definition) is 5. The number of nitrogens with one attached hydrogen (secondary N) is 3. The second-order valence-electron chi connectivity index (χ2n) is 5.89. The summed E-state index contributed by atoms with van der Waals surface area (Å²) in [7, 11) is 1.68. The van der Waals surface area contributed by atoms with Crippen molar-refractivity contribution < 1.29 is 14.3 Å². The van der Waals surface area contributed by atoms with E-state index < -0.39 is 11.7 Å².